The molecule has 0 aliphatic rings. The molecule has 0 saturated heterocycles. The number of fused-ring (bicyclic) bond motifs is 1. The molecule has 13 heteroatoms. The summed E-state index contributed by atoms with van der Waals surface area (Å²) < 4.78 is 47.5. The molecule has 0 saturated carbocycles. The van der Waals surface area contributed by atoms with Gasteiger partial charge in [-0.1, -0.05) is 0 Å². The van der Waals surface area contributed by atoms with Gasteiger partial charge in [-0.3, -0.25) is 5.21 Å². The zero-order chi connectivity index (χ0) is 21.0. The predicted octanol–water partition coefficient (Wildman–Crippen LogP) is -0.429. The normalized spacial score (nSPS) is 11.8. The summed E-state index contributed by atoms with van der Waals surface area (Å²) in [6.45, 7) is 0.177. The number of nitrogens with zero attached hydrogens (tertiary/aromatic N) is 4. The fourth-order valence-electron chi connectivity index (χ4n) is 2.58. The molecule has 31 heavy (non-hydrogen) atoms. The summed E-state index contributed by atoms with van der Waals surface area (Å²) in [6.07, 6.45) is -0.311. The Morgan fingerprint density at radius 3 is 2.52 bits per heavy atom. The number of hydroxylamine groups is 1. The van der Waals surface area contributed by atoms with Crippen molar-refractivity contribution in [3.8, 4) is 5.75 Å². The highest BCUT2D eigenvalue weighted by atomic mass is 79.9. The van der Waals surface area contributed by atoms with Crippen LogP contribution in [0.3, 0.4) is 0 Å². The van der Waals surface area contributed by atoms with E-state index in [0.29, 0.717) is 17.1 Å². The number of guanidine groups is 1. The third kappa shape index (κ3) is 6.67. The van der Waals surface area contributed by atoms with E-state index in [1.807, 2.05) is 0 Å². The largest absolute Gasteiger partial charge is 1.00 e. The van der Waals surface area contributed by atoms with Gasteiger partial charge in [-0.2, -0.15) is 18.3 Å². The van der Waals surface area contributed by atoms with Crippen LogP contribution in [0.1, 0.15) is 16.8 Å². The van der Waals surface area contributed by atoms with E-state index in [0.717, 1.165) is 17.8 Å². The minimum atomic E-state index is -4.40. The van der Waals surface area contributed by atoms with E-state index < -0.39 is 11.7 Å². The fraction of sp³-hybridized carbons (Fsp3) is 0.167. The first-order chi connectivity index (χ1) is 13.8. The van der Waals surface area contributed by atoms with Gasteiger partial charge in [0.15, 0.2) is 12.3 Å². The van der Waals surface area contributed by atoms with Crippen molar-refractivity contribution in [1.29, 1.82) is 0 Å². The van der Waals surface area contributed by atoms with Gasteiger partial charge in [-0.25, -0.2) is 14.4 Å². The van der Waals surface area contributed by atoms with Crippen LogP contribution in [0, 0.1) is 0 Å². The molecule has 168 valence electrons. The number of benzene rings is 1. The van der Waals surface area contributed by atoms with Crippen molar-refractivity contribution in [2.45, 2.75) is 12.8 Å². The Hall–Kier alpha value is -2.64. The molecule has 0 radical (unpaired) electrons. The van der Waals surface area contributed by atoms with E-state index in [2.05, 4.69) is 10.2 Å². The Morgan fingerprint density at radius 1 is 1.23 bits per heavy atom. The van der Waals surface area contributed by atoms with Crippen molar-refractivity contribution in [1.82, 2.24) is 10.0 Å². The summed E-state index contributed by atoms with van der Waals surface area (Å²) in [6, 6.07) is 9.38. The van der Waals surface area contributed by atoms with Crippen molar-refractivity contribution in [2.24, 2.45) is 23.0 Å². The van der Waals surface area contributed by atoms with Crippen molar-refractivity contribution < 1.29 is 44.5 Å². The third-order valence-corrected chi connectivity index (χ3v) is 4.10. The maximum atomic E-state index is 12.9. The second kappa shape index (κ2) is 11.1. The first-order valence-corrected chi connectivity index (χ1v) is 8.34. The van der Waals surface area contributed by atoms with Crippen LogP contribution in [0.25, 0.3) is 5.65 Å². The Balaban J connectivity index is 0.00000240. The maximum absolute atomic E-state index is 12.9. The number of alkyl halides is 3. The number of pyridine rings is 1. The first-order valence-electron chi connectivity index (χ1n) is 8.34. The molecule has 0 fully saturated rings. The number of ether oxygens (including phenoxy) is 1. The summed E-state index contributed by atoms with van der Waals surface area (Å²) in [5.74, 6) is 0.338. The molecule has 4 N–H and O–H groups in total. The molecule has 8 nitrogen and oxygen atoms in total. The van der Waals surface area contributed by atoms with E-state index >= 15 is 0 Å². The number of imidazole rings is 1. The summed E-state index contributed by atoms with van der Waals surface area (Å²) in [5.41, 5.74) is 8.20. The van der Waals surface area contributed by atoms with Crippen molar-refractivity contribution in [2.75, 3.05) is 0 Å². The monoisotopic (exact) mass is 566 g/mol. The number of aromatic nitrogens is 2. The number of hydrogen-bond acceptors (Lipinski definition) is 4. The minimum absolute atomic E-state index is 0. The van der Waals surface area contributed by atoms with E-state index in [9.17, 15) is 13.2 Å². The van der Waals surface area contributed by atoms with Crippen LogP contribution < -0.4 is 37.3 Å². The molecule has 0 bridgehead atoms. The lowest BCUT2D eigenvalue weighted by molar-refractivity contribution is -0.512. The molecule has 0 aliphatic heterocycles. The van der Waals surface area contributed by atoms with Crippen LogP contribution in [-0.2, 0) is 19.8 Å². The second-order valence-electron chi connectivity index (χ2n) is 6.06. The van der Waals surface area contributed by atoms with Crippen LogP contribution in [0.5, 0.6) is 5.75 Å². The molecule has 2 aromatic heterocycles. The highest BCUT2D eigenvalue weighted by molar-refractivity contribution is 8.93. The number of rotatable bonds is 5. The van der Waals surface area contributed by atoms with Gasteiger partial charge < -0.3 is 27.5 Å². The van der Waals surface area contributed by atoms with Gasteiger partial charge >= 0.3 is 6.18 Å². The molecule has 0 aliphatic carbocycles. The summed E-state index contributed by atoms with van der Waals surface area (Å²) >= 11 is 0. The summed E-state index contributed by atoms with van der Waals surface area (Å²) in [4.78, 5) is 0. The number of nitrogens with two attached hydrogens (primary N) is 1. The molecule has 1 aromatic carbocycles. The lowest BCUT2D eigenvalue weighted by atomic mass is 10.2. The quantitative estimate of drug-likeness (QED) is 0.169. The number of nitrogens with one attached hydrogen (secondary N) is 1. The smallest absolute Gasteiger partial charge is 0.419 e. The minimum Gasteiger partial charge on any atom is -1.00 e. The molecule has 2 heterocycles. The average molecular weight is 568 g/mol. The van der Waals surface area contributed by atoms with Crippen LogP contribution >= 0.6 is 17.0 Å². The predicted molar refractivity (Wildman–Crippen MR) is 109 cm³/mol. The highest BCUT2D eigenvalue weighted by Crippen LogP contribution is 2.28. The Morgan fingerprint density at radius 2 is 1.90 bits per heavy atom. The molecule has 3 rings (SSSR count). The van der Waals surface area contributed by atoms with Crippen molar-refractivity contribution in [3.05, 3.63) is 65.6 Å². The van der Waals surface area contributed by atoms with Gasteiger partial charge in [0.1, 0.15) is 18.1 Å². The van der Waals surface area contributed by atoms with E-state index in [1.165, 1.54) is 16.7 Å². The zero-order valence-corrected chi connectivity index (χ0v) is 19.3. The van der Waals surface area contributed by atoms with Crippen molar-refractivity contribution in [3.63, 3.8) is 0 Å². The van der Waals surface area contributed by atoms with E-state index in [4.69, 9.17) is 15.7 Å². The van der Waals surface area contributed by atoms with Crippen LogP contribution in [0.2, 0.25) is 0 Å². The molecular formula is C18H19Br2F3N6O2. The average Bonchev–Trinajstić information content (AvgIpc) is 3.01. The number of halogens is 5. The number of hydrogen-bond donors (Lipinski definition) is 3. The molecule has 0 atom stereocenters. The van der Waals surface area contributed by atoms with Gasteiger partial charge in [0.25, 0.3) is 5.65 Å². The van der Waals surface area contributed by atoms with Crippen LogP contribution in [-0.4, -0.2) is 21.9 Å². The van der Waals surface area contributed by atoms with Gasteiger partial charge in [-0.15, -0.1) is 22.1 Å². The van der Waals surface area contributed by atoms with Gasteiger partial charge in [0, 0.05) is 6.07 Å². The maximum Gasteiger partial charge on any atom is 0.419 e. The van der Waals surface area contributed by atoms with Crippen LogP contribution in [0.4, 0.5) is 13.2 Å². The van der Waals surface area contributed by atoms with Crippen LogP contribution in [0.15, 0.2) is 59.0 Å². The lowest BCUT2D eigenvalue weighted by Crippen LogP contribution is -3.00. The SMILES string of the molecule is Br.Cn1c(COc2ccc(/C=N/N=C(N)NO)cc2)c[n+]2cc(C(F)(F)F)ccc12.[Br-]. The molecule has 0 unspecified atom stereocenters. The lowest BCUT2D eigenvalue weighted by Gasteiger charge is -2.04. The van der Waals surface area contributed by atoms with Crippen molar-refractivity contribution >= 4 is 34.8 Å². The zero-order valence-electron chi connectivity index (χ0n) is 16.0. The van der Waals surface area contributed by atoms with Gasteiger partial charge in [-0.05, 0) is 35.9 Å². The van der Waals surface area contributed by atoms with E-state index in [1.54, 1.807) is 47.6 Å². The summed E-state index contributed by atoms with van der Waals surface area (Å²) in [5, 5.41) is 15.7. The first kappa shape index (κ1) is 26.4. The topological polar surface area (TPSA) is 101 Å². The Kier molecular flexibility index (Phi) is 9.46. The molecular weight excluding hydrogens is 549 g/mol. The summed E-state index contributed by atoms with van der Waals surface area (Å²) in [7, 11) is 1.76. The molecule has 0 spiro atoms. The van der Waals surface area contributed by atoms with Gasteiger partial charge in [0.05, 0.1) is 18.8 Å². The number of aryl methyl sites for hydroxylation is 1. The molecule has 0 amide bonds. The van der Waals surface area contributed by atoms with E-state index in [-0.39, 0.29) is 46.5 Å². The fourth-order valence-corrected chi connectivity index (χ4v) is 2.58. The highest BCUT2D eigenvalue weighted by Gasteiger charge is 2.32. The second-order valence-corrected chi connectivity index (χ2v) is 6.06. The standard InChI is InChI=1S/C18H18F3N6O2.2BrH/c1-26-14(10-27-9-13(18(19,20)21)4-7-16(26)27)11-29-15-5-2-12(3-6-15)8-23-24-17(22)25-28;;/h2-10,28H,11H2,1H3,(H3,22,24,25);2*1H/q+1;;/p-1/b23-8+;;. The Labute approximate surface area is 196 Å². The third-order valence-electron chi connectivity index (χ3n) is 4.10. The molecule has 3 aromatic rings. The Bertz CT molecular complexity index is 1070. The van der Waals surface area contributed by atoms with Gasteiger partial charge in [0.2, 0.25) is 5.96 Å².